The first-order valence-electron chi connectivity index (χ1n) is 6.47. The molecular weight excluding hydrogens is 256 g/mol. The minimum Gasteiger partial charge on any atom is -0.465 e. The highest BCUT2D eigenvalue weighted by Crippen LogP contribution is 2.25. The first kappa shape index (κ1) is 13.9. The van der Waals surface area contributed by atoms with Crippen molar-refractivity contribution < 1.29 is 9.53 Å². The van der Waals surface area contributed by atoms with Crippen LogP contribution in [0.2, 0.25) is 0 Å². The molecule has 2 nitrogen and oxygen atoms in total. The summed E-state index contributed by atoms with van der Waals surface area (Å²) in [7, 11) is 0. The fourth-order valence-corrected chi connectivity index (χ4v) is 2.85. The van der Waals surface area contributed by atoms with Crippen LogP contribution >= 0.6 is 11.8 Å². The summed E-state index contributed by atoms with van der Waals surface area (Å²) in [5.41, 5.74) is 1.26. The van der Waals surface area contributed by atoms with Crippen LogP contribution in [0.1, 0.15) is 19.4 Å². The van der Waals surface area contributed by atoms with E-state index in [9.17, 15) is 4.79 Å². The Labute approximate surface area is 118 Å². The molecule has 19 heavy (non-hydrogen) atoms. The van der Waals surface area contributed by atoms with Gasteiger partial charge in [-0.25, -0.2) is 0 Å². The monoisotopic (exact) mass is 274 g/mol. The summed E-state index contributed by atoms with van der Waals surface area (Å²) in [4.78, 5) is 11.6. The Hall–Kier alpha value is -1.48. The average molecular weight is 274 g/mol. The second-order valence-corrected chi connectivity index (χ2v) is 5.67. The van der Waals surface area contributed by atoms with E-state index in [-0.39, 0.29) is 11.2 Å². The van der Waals surface area contributed by atoms with Crippen molar-refractivity contribution >= 4 is 28.5 Å². The molecule has 0 aliphatic heterocycles. The number of carbonyl (C=O) groups excluding carboxylic acids is 1. The van der Waals surface area contributed by atoms with Crippen molar-refractivity contribution in [2.45, 2.75) is 24.9 Å². The lowest BCUT2D eigenvalue weighted by Gasteiger charge is -2.11. The molecule has 0 saturated heterocycles. The van der Waals surface area contributed by atoms with Crippen molar-refractivity contribution in [1.82, 2.24) is 0 Å². The lowest BCUT2D eigenvalue weighted by molar-refractivity contribution is -0.142. The predicted molar refractivity (Wildman–Crippen MR) is 81.3 cm³/mol. The van der Waals surface area contributed by atoms with E-state index in [2.05, 4.69) is 30.3 Å². The van der Waals surface area contributed by atoms with Gasteiger partial charge in [-0.15, -0.1) is 11.8 Å². The molecule has 0 saturated carbocycles. The molecule has 0 bridgehead atoms. The third-order valence-corrected chi connectivity index (χ3v) is 4.16. The number of ether oxygens (including phenoxy) is 1. The molecule has 1 unspecified atom stereocenters. The minimum atomic E-state index is -0.132. The summed E-state index contributed by atoms with van der Waals surface area (Å²) in [6.45, 7) is 4.17. The van der Waals surface area contributed by atoms with Gasteiger partial charge in [0.15, 0.2) is 0 Å². The van der Waals surface area contributed by atoms with Gasteiger partial charge < -0.3 is 4.74 Å². The average Bonchev–Trinajstić information content (AvgIpc) is 2.45. The summed E-state index contributed by atoms with van der Waals surface area (Å²) >= 11 is 1.62. The maximum atomic E-state index is 11.6. The fourth-order valence-electron chi connectivity index (χ4n) is 1.96. The molecule has 0 aromatic heterocycles. The quantitative estimate of drug-likeness (QED) is 0.770. The summed E-state index contributed by atoms with van der Waals surface area (Å²) in [6.07, 6.45) is 0. The van der Waals surface area contributed by atoms with E-state index in [1.165, 1.54) is 16.3 Å². The first-order chi connectivity index (χ1) is 9.22. The molecule has 2 rings (SSSR count). The zero-order chi connectivity index (χ0) is 13.7. The fraction of sp³-hybridized carbons (Fsp3) is 0.312. The summed E-state index contributed by atoms with van der Waals surface area (Å²) < 4.78 is 5.02. The first-order valence-corrected chi connectivity index (χ1v) is 7.52. The zero-order valence-electron chi connectivity index (χ0n) is 11.3. The number of hydrogen-bond donors (Lipinski definition) is 0. The summed E-state index contributed by atoms with van der Waals surface area (Å²) in [6, 6.07) is 14.6. The van der Waals surface area contributed by atoms with Gasteiger partial charge in [-0.1, -0.05) is 42.5 Å². The zero-order valence-corrected chi connectivity index (χ0v) is 12.1. The molecule has 0 heterocycles. The molecule has 3 heteroatoms. The topological polar surface area (TPSA) is 26.3 Å². The van der Waals surface area contributed by atoms with Crippen molar-refractivity contribution in [3.05, 3.63) is 48.0 Å². The Morgan fingerprint density at radius 2 is 1.95 bits per heavy atom. The largest absolute Gasteiger partial charge is 0.465 e. The number of hydrogen-bond acceptors (Lipinski definition) is 3. The Bertz CT molecular complexity index is 560. The van der Waals surface area contributed by atoms with Crippen LogP contribution in [0.25, 0.3) is 10.8 Å². The summed E-state index contributed by atoms with van der Waals surface area (Å²) in [5, 5.41) is 2.37. The minimum absolute atomic E-state index is 0.126. The van der Waals surface area contributed by atoms with E-state index >= 15 is 0 Å². The van der Waals surface area contributed by atoms with E-state index in [4.69, 9.17) is 4.74 Å². The second-order valence-electron chi connectivity index (χ2n) is 4.34. The predicted octanol–water partition coefficient (Wildman–Crippen LogP) is 4.02. The van der Waals surface area contributed by atoms with E-state index < -0.39 is 0 Å². The number of fused-ring (bicyclic) bond motifs is 1. The standard InChI is InChI=1S/C16H18O2S/c1-3-18-16(17)12(2)19-11-14-9-6-8-13-7-4-5-10-15(13)14/h4-10,12H,3,11H2,1-2H3. The molecule has 1 atom stereocenters. The van der Waals surface area contributed by atoms with Crippen molar-refractivity contribution in [1.29, 1.82) is 0 Å². The smallest absolute Gasteiger partial charge is 0.318 e. The van der Waals surface area contributed by atoms with Crippen LogP contribution < -0.4 is 0 Å². The molecule has 0 aliphatic rings. The third-order valence-electron chi connectivity index (χ3n) is 2.99. The van der Waals surface area contributed by atoms with Crippen LogP contribution in [0, 0.1) is 0 Å². The van der Waals surface area contributed by atoms with Gasteiger partial charge in [0.05, 0.1) is 11.9 Å². The normalized spacial score (nSPS) is 12.3. The Balaban J connectivity index is 2.08. The number of rotatable bonds is 5. The lowest BCUT2D eigenvalue weighted by atomic mass is 10.1. The number of benzene rings is 2. The van der Waals surface area contributed by atoms with Crippen molar-refractivity contribution in [3.8, 4) is 0 Å². The molecule has 0 amide bonds. The molecule has 0 N–H and O–H groups in total. The van der Waals surface area contributed by atoms with E-state index in [1.54, 1.807) is 11.8 Å². The highest BCUT2D eigenvalue weighted by molar-refractivity contribution is 7.99. The van der Waals surface area contributed by atoms with Gasteiger partial charge in [0.1, 0.15) is 0 Å². The van der Waals surface area contributed by atoms with Crippen LogP contribution in [0.5, 0.6) is 0 Å². The molecule has 0 aliphatic carbocycles. The van der Waals surface area contributed by atoms with E-state index in [0.29, 0.717) is 6.61 Å². The van der Waals surface area contributed by atoms with Crippen LogP contribution in [0.15, 0.2) is 42.5 Å². The Kier molecular flexibility index (Phi) is 4.86. The number of thioether (sulfide) groups is 1. The molecule has 2 aromatic rings. The van der Waals surface area contributed by atoms with Gasteiger partial charge in [0, 0.05) is 5.75 Å². The SMILES string of the molecule is CCOC(=O)C(C)SCc1cccc2ccccc12. The van der Waals surface area contributed by atoms with Crippen molar-refractivity contribution in [2.24, 2.45) is 0 Å². The van der Waals surface area contributed by atoms with E-state index in [1.807, 2.05) is 26.0 Å². The number of esters is 1. The van der Waals surface area contributed by atoms with Crippen molar-refractivity contribution in [2.75, 3.05) is 6.61 Å². The van der Waals surface area contributed by atoms with Gasteiger partial charge >= 0.3 is 5.97 Å². The van der Waals surface area contributed by atoms with Gasteiger partial charge in [-0.3, -0.25) is 4.79 Å². The van der Waals surface area contributed by atoms with Gasteiger partial charge in [0.2, 0.25) is 0 Å². The van der Waals surface area contributed by atoms with Gasteiger partial charge in [-0.05, 0) is 30.2 Å². The van der Waals surface area contributed by atoms with Crippen LogP contribution in [-0.4, -0.2) is 17.8 Å². The van der Waals surface area contributed by atoms with E-state index in [0.717, 1.165) is 5.75 Å². The number of carbonyl (C=O) groups is 1. The van der Waals surface area contributed by atoms with Gasteiger partial charge in [0.25, 0.3) is 0 Å². The Morgan fingerprint density at radius 1 is 1.21 bits per heavy atom. The maximum absolute atomic E-state index is 11.6. The molecule has 0 radical (unpaired) electrons. The van der Waals surface area contributed by atoms with Crippen molar-refractivity contribution in [3.63, 3.8) is 0 Å². The second kappa shape index (κ2) is 6.62. The van der Waals surface area contributed by atoms with Gasteiger partial charge in [-0.2, -0.15) is 0 Å². The molecular formula is C16H18O2S. The van der Waals surface area contributed by atoms with Crippen LogP contribution in [0.3, 0.4) is 0 Å². The highest BCUT2D eigenvalue weighted by Gasteiger charge is 2.14. The molecule has 2 aromatic carbocycles. The Morgan fingerprint density at radius 3 is 2.74 bits per heavy atom. The lowest BCUT2D eigenvalue weighted by Crippen LogP contribution is -2.16. The summed E-state index contributed by atoms with van der Waals surface area (Å²) in [5.74, 6) is 0.689. The highest BCUT2D eigenvalue weighted by atomic mass is 32.2. The molecule has 100 valence electrons. The molecule has 0 spiro atoms. The maximum Gasteiger partial charge on any atom is 0.318 e. The third kappa shape index (κ3) is 3.51. The van der Waals surface area contributed by atoms with Crippen LogP contribution in [0.4, 0.5) is 0 Å². The molecule has 0 fully saturated rings. The van der Waals surface area contributed by atoms with Crippen LogP contribution in [-0.2, 0) is 15.3 Å².